The molecule has 0 aliphatic heterocycles. The maximum absolute atomic E-state index is 12.3. The van der Waals surface area contributed by atoms with Gasteiger partial charge in [-0.1, -0.05) is 57.6 Å². The van der Waals surface area contributed by atoms with E-state index in [4.69, 9.17) is 11.5 Å². The Bertz CT molecular complexity index is 503. The topological polar surface area (TPSA) is 74.6 Å². The van der Waals surface area contributed by atoms with Crippen LogP contribution in [0.5, 0.6) is 0 Å². The van der Waals surface area contributed by atoms with E-state index in [2.05, 4.69) is 12.8 Å². The van der Waals surface area contributed by atoms with Gasteiger partial charge < -0.3 is 10.2 Å². The molecule has 0 saturated heterocycles. The molecule has 0 spiro atoms. The van der Waals surface area contributed by atoms with E-state index in [-0.39, 0.29) is 30.0 Å². The quantitative estimate of drug-likeness (QED) is 0.290. The Hall–Kier alpha value is -1.60. The molecule has 1 saturated carbocycles. The van der Waals surface area contributed by atoms with E-state index in [9.17, 15) is 14.7 Å². The lowest BCUT2D eigenvalue weighted by Gasteiger charge is -2.18. The third-order valence-electron chi connectivity index (χ3n) is 5.29. The predicted molar refractivity (Wildman–Crippen MR) is 104 cm³/mol. The number of Topliss-reactive ketones (excluding diaryl/α,β-unsaturated/α-hetero) is 1. The van der Waals surface area contributed by atoms with Crippen LogP contribution in [-0.2, 0) is 9.59 Å². The first-order chi connectivity index (χ1) is 12.5. The summed E-state index contributed by atoms with van der Waals surface area (Å²) in [4.78, 5) is 22.9. The molecule has 0 aromatic carbocycles. The van der Waals surface area contributed by atoms with E-state index in [1.54, 1.807) is 0 Å². The first-order valence-electron chi connectivity index (χ1n) is 10.1. The van der Waals surface area contributed by atoms with E-state index in [1.807, 2.05) is 12.2 Å². The molecule has 0 aromatic heterocycles. The van der Waals surface area contributed by atoms with E-state index >= 15 is 0 Å². The summed E-state index contributed by atoms with van der Waals surface area (Å²) in [6.07, 6.45) is 17.8. The number of unbranched alkanes of at least 4 members (excludes halogenated alkanes) is 5. The third-order valence-corrected chi connectivity index (χ3v) is 5.29. The molecular formula is C22H34O4. The number of ketones is 1. The molecule has 4 atom stereocenters. The average Bonchev–Trinajstić information content (AvgIpc) is 2.91. The van der Waals surface area contributed by atoms with E-state index < -0.39 is 12.1 Å². The summed E-state index contributed by atoms with van der Waals surface area (Å²) >= 11 is 0. The minimum atomic E-state index is -0.754. The van der Waals surface area contributed by atoms with Crippen LogP contribution >= 0.6 is 0 Å². The number of rotatable bonds is 13. The number of hydrogen-bond acceptors (Lipinski definition) is 3. The highest BCUT2D eigenvalue weighted by Gasteiger charge is 2.39. The molecule has 1 unspecified atom stereocenters. The lowest BCUT2D eigenvalue weighted by Crippen LogP contribution is -2.16. The van der Waals surface area contributed by atoms with Gasteiger partial charge in [-0.15, -0.1) is 12.3 Å². The second-order valence-corrected chi connectivity index (χ2v) is 7.42. The van der Waals surface area contributed by atoms with Gasteiger partial charge in [-0.05, 0) is 19.3 Å². The second kappa shape index (κ2) is 12.7. The first kappa shape index (κ1) is 22.4. The third kappa shape index (κ3) is 8.19. The molecule has 0 bridgehead atoms. The Morgan fingerprint density at radius 2 is 2.00 bits per heavy atom. The summed E-state index contributed by atoms with van der Waals surface area (Å²) in [5.74, 6) is 2.12. The molecule has 0 heterocycles. The largest absolute Gasteiger partial charge is 0.481 e. The molecule has 1 aliphatic rings. The van der Waals surface area contributed by atoms with Crippen molar-refractivity contribution in [3.8, 4) is 12.3 Å². The molecule has 2 N–H and O–H groups in total. The van der Waals surface area contributed by atoms with E-state index in [0.717, 1.165) is 51.4 Å². The highest BCUT2D eigenvalue weighted by atomic mass is 16.4. The van der Waals surface area contributed by atoms with Crippen LogP contribution in [0.25, 0.3) is 0 Å². The van der Waals surface area contributed by atoms with Crippen molar-refractivity contribution in [3.05, 3.63) is 12.2 Å². The summed E-state index contributed by atoms with van der Waals surface area (Å²) in [7, 11) is 0. The van der Waals surface area contributed by atoms with Crippen molar-refractivity contribution in [1.82, 2.24) is 0 Å². The number of carboxylic acids is 1. The summed E-state index contributed by atoms with van der Waals surface area (Å²) in [6, 6.07) is 0. The van der Waals surface area contributed by atoms with Gasteiger partial charge in [0.15, 0.2) is 0 Å². The Labute approximate surface area is 158 Å². The number of allylic oxidation sites excluding steroid dienone is 1. The minimum absolute atomic E-state index is 0.0207. The van der Waals surface area contributed by atoms with Crippen LogP contribution in [-0.4, -0.2) is 28.1 Å². The molecule has 26 heavy (non-hydrogen) atoms. The maximum atomic E-state index is 12.3. The van der Waals surface area contributed by atoms with Gasteiger partial charge in [0.25, 0.3) is 0 Å². The fourth-order valence-corrected chi connectivity index (χ4v) is 3.74. The highest BCUT2D eigenvalue weighted by Crippen LogP contribution is 2.38. The summed E-state index contributed by atoms with van der Waals surface area (Å²) in [5, 5.41) is 18.7. The van der Waals surface area contributed by atoms with Crippen molar-refractivity contribution in [2.45, 2.75) is 83.7 Å². The normalized spacial score (nSPS) is 24.0. The molecule has 1 aliphatic carbocycles. The smallest absolute Gasteiger partial charge is 0.303 e. The van der Waals surface area contributed by atoms with Crippen molar-refractivity contribution in [2.75, 3.05) is 0 Å². The van der Waals surface area contributed by atoms with Crippen LogP contribution in [0.4, 0.5) is 0 Å². The lowest BCUT2D eigenvalue weighted by atomic mass is 9.85. The van der Waals surface area contributed by atoms with Gasteiger partial charge >= 0.3 is 5.97 Å². The minimum Gasteiger partial charge on any atom is -0.481 e. The molecule has 1 rings (SSSR count). The predicted octanol–water partition coefficient (Wildman–Crippen LogP) is 4.36. The monoisotopic (exact) mass is 362 g/mol. The van der Waals surface area contributed by atoms with Gasteiger partial charge in [-0.3, -0.25) is 9.59 Å². The molecule has 0 aromatic rings. The average molecular weight is 363 g/mol. The Kier molecular flexibility index (Phi) is 11.0. The van der Waals surface area contributed by atoms with Gasteiger partial charge in [0.2, 0.25) is 0 Å². The number of aliphatic carboxylic acids is 1. The van der Waals surface area contributed by atoms with Gasteiger partial charge in [-0.2, -0.15) is 0 Å². The van der Waals surface area contributed by atoms with Crippen molar-refractivity contribution in [1.29, 1.82) is 0 Å². The number of aliphatic hydroxyl groups is 1. The molecule has 0 radical (unpaired) electrons. The van der Waals surface area contributed by atoms with Crippen molar-refractivity contribution >= 4 is 11.8 Å². The molecular weight excluding hydrogens is 328 g/mol. The SMILES string of the molecule is C#CC1CC(=O)[C@H](CCCCCCC(=O)O)[C@H]1C=C[C@@H](O)CCCCC. The van der Waals surface area contributed by atoms with Crippen molar-refractivity contribution in [2.24, 2.45) is 17.8 Å². The van der Waals surface area contributed by atoms with E-state index in [1.165, 1.54) is 0 Å². The summed E-state index contributed by atoms with van der Waals surface area (Å²) in [5.41, 5.74) is 0. The Balaban J connectivity index is 2.49. The molecule has 0 amide bonds. The number of carbonyl (C=O) groups is 2. The zero-order chi connectivity index (χ0) is 19.4. The maximum Gasteiger partial charge on any atom is 0.303 e. The first-order valence-corrected chi connectivity index (χ1v) is 10.1. The summed E-state index contributed by atoms with van der Waals surface area (Å²) in [6.45, 7) is 2.14. The number of aliphatic hydroxyl groups excluding tert-OH is 1. The fraction of sp³-hybridized carbons (Fsp3) is 0.727. The van der Waals surface area contributed by atoms with Crippen LogP contribution in [0.3, 0.4) is 0 Å². The van der Waals surface area contributed by atoms with Crippen LogP contribution in [0.15, 0.2) is 12.2 Å². The van der Waals surface area contributed by atoms with Crippen LogP contribution in [0, 0.1) is 30.1 Å². The molecule has 4 nitrogen and oxygen atoms in total. The standard InChI is InChI=1S/C22H34O4/c1-3-5-8-11-18(23)14-15-19-17(4-2)16-21(24)20(19)12-9-6-7-10-13-22(25)26/h2,14-15,17-20,23H,3,5-13,16H2,1H3,(H,25,26)/t17?,18-,19-,20+/m0/s1. The highest BCUT2D eigenvalue weighted by molar-refractivity contribution is 5.84. The second-order valence-electron chi connectivity index (χ2n) is 7.42. The molecule has 4 heteroatoms. The van der Waals surface area contributed by atoms with Crippen LogP contribution < -0.4 is 0 Å². The van der Waals surface area contributed by atoms with Gasteiger partial charge in [0.05, 0.1) is 6.10 Å². The fourth-order valence-electron chi connectivity index (χ4n) is 3.74. The molecule has 146 valence electrons. The van der Waals surface area contributed by atoms with E-state index in [0.29, 0.717) is 12.8 Å². The Morgan fingerprint density at radius 1 is 1.27 bits per heavy atom. The number of terminal acetylenes is 1. The van der Waals surface area contributed by atoms with Crippen LogP contribution in [0.2, 0.25) is 0 Å². The van der Waals surface area contributed by atoms with Crippen molar-refractivity contribution < 1.29 is 19.8 Å². The zero-order valence-corrected chi connectivity index (χ0v) is 16.0. The number of hydrogen-bond donors (Lipinski definition) is 2. The number of carbonyl (C=O) groups excluding carboxylic acids is 1. The Morgan fingerprint density at radius 3 is 2.65 bits per heavy atom. The van der Waals surface area contributed by atoms with Crippen molar-refractivity contribution in [3.63, 3.8) is 0 Å². The zero-order valence-electron chi connectivity index (χ0n) is 16.0. The van der Waals surface area contributed by atoms with Gasteiger partial charge in [0, 0.05) is 30.6 Å². The van der Waals surface area contributed by atoms with Gasteiger partial charge in [0.1, 0.15) is 5.78 Å². The van der Waals surface area contributed by atoms with Gasteiger partial charge in [-0.25, -0.2) is 0 Å². The lowest BCUT2D eigenvalue weighted by molar-refractivity contribution is -0.137. The molecule has 1 fully saturated rings. The van der Waals surface area contributed by atoms with Crippen LogP contribution in [0.1, 0.15) is 77.6 Å². The number of carboxylic acid groups (broad SMARTS) is 1. The summed E-state index contributed by atoms with van der Waals surface area (Å²) < 4.78 is 0.